The first-order valence-electron chi connectivity index (χ1n) is 14.9. The van der Waals surface area contributed by atoms with E-state index in [2.05, 4.69) is 40.2 Å². The maximum Gasteiger partial charge on any atom is 0.216 e. The summed E-state index contributed by atoms with van der Waals surface area (Å²) in [6.07, 6.45) is 5.71. The third-order valence-electron chi connectivity index (χ3n) is 8.10. The average Bonchev–Trinajstić information content (AvgIpc) is 3.80. The number of aromatic nitrogens is 1. The molecule has 3 aromatic heterocycles. The van der Waals surface area contributed by atoms with Gasteiger partial charge < -0.3 is 28.3 Å². The molecular formula is C39H25N4O3Pt-3. The summed E-state index contributed by atoms with van der Waals surface area (Å²) in [5.74, 6) is 0.977. The summed E-state index contributed by atoms with van der Waals surface area (Å²) in [6.45, 7) is 2.00. The van der Waals surface area contributed by atoms with Crippen molar-refractivity contribution < 1.29 is 34.6 Å². The van der Waals surface area contributed by atoms with E-state index in [1.807, 2.05) is 127 Å². The van der Waals surface area contributed by atoms with Gasteiger partial charge in [-0.2, -0.15) is 6.67 Å². The maximum absolute atomic E-state index is 6.47. The van der Waals surface area contributed by atoms with Gasteiger partial charge in [-0.05, 0) is 65.9 Å². The van der Waals surface area contributed by atoms with Gasteiger partial charge in [0.15, 0.2) is 0 Å². The number of furan rings is 2. The first-order valence-corrected chi connectivity index (χ1v) is 14.9. The van der Waals surface area contributed by atoms with Crippen LogP contribution >= 0.6 is 0 Å². The second-order valence-corrected chi connectivity index (χ2v) is 11.1. The number of ether oxygens (including phenoxy) is 1. The van der Waals surface area contributed by atoms with Crippen molar-refractivity contribution in [2.24, 2.45) is 0 Å². The van der Waals surface area contributed by atoms with Gasteiger partial charge in [0, 0.05) is 55.9 Å². The molecule has 47 heavy (non-hydrogen) atoms. The third-order valence-corrected chi connectivity index (χ3v) is 8.10. The van der Waals surface area contributed by atoms with Gasteiger partial charge in [-0.3, -0.25) is 0 Å². The summed E-state index contributed by atoms with van der Waals surface area (Å²) in [4.78, 5) is 10.6. The standard InChI is InChI=1S/C39H25N4O3.Pt/c1-41-19-20-42(25-41)27-21-31(38-29-13-5-7-15-32(29)44-34(38)22-27)43(26-11-3-2-4-12-26)28-23-35-39(30-14-6-8-16-33(30)45-35)36(24-28)46-37-17-9-10-18-40-37;/h2-20,22-23,25H,1H3;/q-3;. The van der Waals surface area contributed by atoms with E-state index < -0.39 is 0 Å². The molecule has 0 fully saturated rings. The predicted octanol–water partition coefficient (Wildman–Crippen LogP) is 10.1. The fraction of sp³-hybridized carbons (Fsp3) is 0.0256. The number of benzene rings is 5. The zero-order valence-corrected chi connectivity index (χ0v) is 27.3. The second-order valence-electron chi connectivity index (χ2n) is 11.1. The Bertz CT molecular complexity index is 2420. The molecule has 1 aliphatic heterocycles. The molecule has 4 heterocycles. The monoisotopic (exact) mass is 792 g/mol. The van der Waals surface area contributed by atoms with Crippen molar-refractivity contribution in [3.05, 3.63) is 147 Å². The van der Waals surface area contributed by atoms with Gasteiger partial charge in [0.05, 0.1) is 0 Å². The Morgan fingerprint density at radius 3 is 2.11 bits per heavy atom. The van der Waals surface area contributed by atoms with Gasteiger partial charge in [-0.1, -0.05) is 83.1 Å². The molecule has 0 N–H and O–H groups in total. The van der Waals surface area contributed by atoms with Crippen LogP contribution in [0.2, 0.25) is 0 Å². The van der Waals surface area contributed by atoms with Gasteiger partial charge in [-0.25, -0.2) is 4.98 Å². The fourth-order valence-corrected chi connectivity index (χ4v) is 6.07. The molecule has 1 aliphatic rings. The van der Waals surface area contributed by atoms with Crippen LogP contribution in [0.3, 0.4) is 0 Å². The first kappa shape index (κ1) is 28.9. The molecular weight excluding hydrogens is 768 g/mol. The largest absolute Gasteiger partial charge is 0.510 e. The number of rotatable bonds is 6. The molecule has 232 valence electrons. The van der Waals surface area contributed by atoms with Crippen LogP contribution in [-0.2, 0) is 21.1 Å². The van der Waals surface area contributed by atoms with Crippen molar-refractivity contribution in [3.63, 3.8) is 0 Å². The first-order chi connectivity index (χ1) is 22.7. The molecule has 0 atom stereocenters. The number of fused-ring (bicyclic) bond motifs is 6. The Hall–Kier alpha value is -5.52. The molecule has 8 heteroatoms. The molecule has 0 amide bonds. The SMILES string of the molecule is CN1C=CN(c2[c-]c(N(c3[c-]c(Oc4ccccn4)c4c(c3)oc3ccccc34)c3ccccc3)c3c(c2)oc2ccccc23)[CH-]1.[Pt]. The smallest absolute Gasteiger partial charge is 0.216 e. The van der Waals surface area contributed by atoms with Crippen molar-refractivity contribution in [2.45, 2.75) is 0 Å². The van der Waals surface area contributed by atoms with Crippen molar-refractivity contribution >= 4 is 66.6 Å². The van der Waals surface area contributed by atoms with E-state index in [0.717, 1.165) is 55.4 Å². The number of anilines is 4. The fourth-order valence-electron chi connectivity index (χ4n) is 6.07. The molecule has 7 nitrogen and oxygen atoms in total. The van der Waals surface area contributed by atoms with Crippen LogP contribution in [-0.4, -0.2) is 16.9 Å². The van der Waals surface area contributed by atoms with E-state index in [1.54, 1.807) is 6.20 Å². The van der Waals surface area contributed by atoms with E-state index in [4.69, 9.17) is 13.6 Å². The van der Waals surface area contributed by atoms with E-state index in [9.17, 15) is 0 Å². The van der Waals surface area contributed by atoms with Gasteiger partial charge in [-0.15, -0.1) is 24.3 Å². The molecule has 5 aromatic carbocycles. The van der Waals surface area contributed by atoms with Gasteiger partial charge in [0.1, 0.15) is 11.2 Å². The van der Waals surface area contributed by atoms with Crippen molar-refractivity contribution in [3.8, 4) is 11.6 Å². The molecule has 0 aliphatic carbocycles. The maximum atomic E-state index is 6.47. The molecule has 0 radical (unpaired) electrons. The summed E-state index contributed by atoms with van der Waals surface area (Å²) >= 11 is 0. The molecule has 0 bridgehead atoms. The average molecular weight is 793 g/mol. The van der Waals surface area contributed by atoms with Crippen LogP contribution in [0.15, 0.2) is 137 Å². The number of pyridine rings is 1. The number of nitrogens with zero attached hydrogens (tertiary/aromatic N) is 4. The Balaban J connectivity index is 0.00000324. The topological polar surface area (TPSA) is 58.1 Å². The number of para-hydroxylation sites is 3. The van der Waals surface area contributed by atoms with Crippen LogP contribution < -0.4 is 14.5 Å². The zero-order valence-electron chi connectivity index (χ0n) is 25.0. The number of hydrogen-bond acceptors (Lipinski definition) is 7. The molecule has 9 rings (SSSR count). The molecule has 8 aromatic rings. The molecule has 0 unspecified atom stereocenters. The van der Waals surface area contributed by atoms with Crippen LogP contribution in [0, 0.1) is 18.8 Å². The predicted molar refractivity (Wildman–Crippen MR) is 181 cm³/mol. The van der Waals surface area contributed by atoms with Gasteiger partial charge in [0.2, 0.25) is 5.88 Å². The summed E-state index contributed by atoms with van der Waals surface area (Å²) < 4.78 is 19.4. The minimum absolute atomic E-state index is 0. The van der Waals surface area contributed by atoms with Crippen LogP contribution in [0.5, 0.6) is 11.6 Å². The van der Waals surface area contributed by atoms with E-state index >= 15 is 0 Å². The summed E-state index contributed by atoms with van der Waals surface area (Å²) in [5.41, 5.74) is 6.23. The molecule has 0 saturated heterocycles. The van der Waals surface area contributed by atoms with E-state index in [-0.39, 0.29) is 21.1 Å². The van der Waals surface area contributed by atoms with Crippen molar-refractivity contribution in [2.75, 3.05) is 16.8 Å². The van der Waals surface area contributed by atoms with E-state index in [0.29, 0.717) is 22.9 Å². The summed E-state index contributed by atoms with van der Waals surface area (Å²) in [6, 6.07) is 43.2. The Labute approximate surface area is 285 Å². The van der Waals surface area contributed by atoms with Crippen LogP contribution in [0.4, 0.5) is 22.7 Å². The van der Waals surface area contributed by atoms with Crippen molar-refractivity contribution in [1.29, 1.82) is 0 Å². The second kappa shape index (κ2) is 11.7. The minimum Gasteiger partial charge on any atom is -0.510 e. The normalized spacial score (nSPS) is 12.8. The van der Waals surface area contributed by atoms with Gasteiger partial charge in [0.25, 0.3) is 0 Å². The molecule has 0 spiro atoms. The number of hydrogen-bond donors (Lipinski definition) is 0. The summed E-state index contributed by atoms with van der Waals surface area (Å²) in [5, 5.41) is 3.69. The van der Waals surface area contributed by atoms with Gasteiger partial charge >= 0.3 is 0 Å². The Morgan fingerprint density at radius 2 is 1.40 bits per heavy atom. The summed E-state index contributed by atoms with van der Waals surface area (Å²) in [7, 11) is 1.99. The molecule has 0 saturated carbocycles. The third kappa shape index (κ3) is 5.00. The Morgan fingerprint density at radius 1 is 0.723 bits per heavy atom. The van der Waals surface area contributed by atoms with Crippen LogP contribution in [0.1, 0.15) is 0 Å². The van der Waals surface area contributed by atoms with E-state index in [1.165, 1.54) is 0 Å². The van der Waals surface area contributed by atoms with Crippen molar-refractivity contribution in [1.82, 2.24) is 9.88 Å². The quantitative estimate of drug-likeness (QED) is 0.156. The minimum atomic E-state index is 0. The zero-order chi connectivity index (χ0) is 30.6. The Kier molecular flexibility index (Phi) is 7.19. The van der Waals surface area contributed by atoms with Crippen LogP contribution in [0.25, 0.3) is 43.9 Å².